The molecule has 0 aliphatic heterocycles. The van der Waals surface area contributed by atoms with Crippen molar-refractivity contribution in [1.29, 1.82) is 5.26 Å². The van der Waals surface area contributed by atoms with Crippen LogP contribution >= 0.6 is 0 Å². The van der Waals surface area contributed by atoms with E-state index < -0.39 is 5.97 Å². The summed E-state index contributed by atoms with van der Waals surface area (Å²) in [6, 6.07) is 5.13. The molecule has 0 aliphatic carbocycles. The second-order valence-corrected chi connectivity index (χ2v) is 5.75. The lowest BCUT2D eigenvalue weighted by Crippen LogP contribution is -2.28. The molecule has 5 nitrogen and oxygen atoms in total. The van der Waals surface area contributed by atoms with Gasteiger partial charge in [-0.2, -0.15) is 5.26 Å². The van der Waals surface area contributed by atoms with Crippen LogP contribution in [0.3, 0.4) is 0 Å². The normalized spacial score (nSPS) is 12.5. The molecule has 102 valence electrons. The lowest BCUT2D eigenvalue weighted by Gasteiger charge is -2.26. The molecule has 1 aromatic rings. The van der Waals surface area contributed by atoms with E-state index in [1.165, 1.54) is 0 Å². The fraction of sp³-hybridized carbons (Fsp3) is 0.500. The molecule has 1 atom stereocenters. The number of hydrogen-bond acceptors (Lipinski definition) is 4. The molecular formula is C14H19N3O2. The Labute approximate surface area is 113 Å². The van der Waals surface area contributed by atoms with Gasteiger partial charge in [-0.25, -0.2) is 4.98 Å². The highest BCUT2D eigenvalue weighted by Crippen LogP contribution is 2.24. The zero-order valence-corrected chi connectivity index (χ0v) is 11.5. The van der Waals surface area contributed by atoms with E-state index in [9.17, 15) is 4.79 Å². The molecule has 1 unspecified atom stereocenters. The summed E-state index contributed by atoms with van der Waals surface area (Å²) in [5, 5.41) is 20.8. The number of rotatable bonds is 5. The fourth-order valence-corrected chi connectivity index (χ4v) is 1.91. The Morgan fingerprint density at radius 3 is 2.63 bits per heavy atom. The van der Waals surface area contributed by atoms with E-state index in [0.29, 0.717) is 5.69 Å². The number of carboxylic acid groups (broad SMARTS) is 1. The maximum atomic E-state index is 10.9. The number of anilines is 1. The van der Waals surface area contributed by atoms with Gasteiger partial charge in [0.05, 0.1) is 18.3 Å². The van der Waals surface area contributed by atoms with Crippen LogP contribution < -0.4 is 5.32 Å². The summed E-state index contributed by atoms with van der Waals surface area (Å²) < 4.78 is 0. The Bertz CT molecular complexity index is 469. The first kappa shape index (κ1) is 15.0. The third kappa shape index (κ3) is 5.87. The van der Waals surface area contributed by atoms with Gasteiger partial charge in [-0.1, -0.05) is 20.8 Å². The Kier molecular flexibility index (Phi) is 4.87. The van der Waals surface area contributed by atoms with E-state index in [0.717, 1.165) is 12.1 Å². The first-order valence-electron chi connectivity index (χ1n) is 6.14. The van der Waals surface area contributed by atoms with Crippen LogP contribution in [0.15, 0.2) is 18.3 Å². The lowest BCUT2D eigenvalue weighted by molar-refractivity contribution is -0.137. The third-order valence-electron chi connectivity index (χ3n) is 2.53. The predicted molar refractivity (Wildman–Crippen MR) is 72.7 cm³/mol. The van der Waals surface area contributed by atoms with Gasteiger partial charge < -0.3 is 10.4 Å². The first-order valence-corrected chi connectivity index (χ1v) is 6.14. The monoisotopic (exact) mass is 261 g/mol. The van der Waals surface area contributed by atoms with Crippen LogP contribution in [0.25, 0.3) is 0 Å². The molecular weight excluding hydrogens is 242 g/mol. The molecule has 0 radical (unpaired) electrons. The number of aliphatic carboxylic acids is 1. The van der Waals surface area contributed by atoms with Gasteiger partial charge in [0.25, 0.3) is 0 Å². The van der Waals surface area contributed by atoms with Gasteiger partial charge in [0, 0.05) is 6.04 Å². The first-order chi connectivity index (χ1) is 8.80. The van der Waals surface area contributed by atoms with Crippen LogP contribution in [-0.2, 0) is 4.79 Å². The number of nitrogens with one attached hydrogen (secondary N) is 1. The number of carbonyl (C=O) groups is 1. The van der Waals surface area contributed by atoms with Crippen LogP contribution in [0.1, 0.15) is 39.3 Å². The fourth-order valence-electron chi connectivity index (χ4n) is 1.91. The van der Waals surface area contributed by atoms with Gasteiger partial charge in [-0.3, -0.25) is 4.79 Å². The van der Waals surface area contributed by atoms with E-state index >= 15 is 0 Å². The van der Waals surface area contributed by atoms with Crippen molar-refractivity contribution < 1.29 is 9.90 Å². The molecule has 0 aliphatic rings. The summed E-state index contributed by atoms with van der Waals surface area (Å²) in [5.41, 5.74) is 1.11. The SMILES string of the molecule is CC(C)(C)CC(CC(=O)O)Nc1ccc(C#N)nc1. The summed E-state index contributed by atoms with van der Waals surface area (Å²) in [7, 11) is 0. The molecule has 5 heteroatoms. The third-order valence-corrected chi connectivity index (χ3v) is 2.53. The maximum Gasteiger partial charge on any atom is 0.305 e. The van der Waals surface area contributed by atoms with Gasteiger partial charge in [0.1, 0.15) is 11.8 Å². The Morgan fingerprint density at radius 1 is 1.53 bits per heavy atom. The van der Waals surface area contributed by atoms with Crippen LogP contribution in [0.2, 0.25) is 0 Å². The number of nitrogens with zero attached hydrogens (tertiary/aromatic N) is 2. The summed E-state index contributed by atoms with van der Waals surface area (Å²) in [4.78, 5) is 14.8. The molecule has 0 amide bonds. The van der Waals surface area contributed by atoms with Crippen molar-refractivity contribution in [2.24, 2.45) is 5.41 Å². The summed E-state index contributed by atoms with van der Waals surface area (Å²) >= 11 is 0. The second kappa shape index (κ2) is 6.19. The lowest BCUT2D eigenvalue weighted by atomic mass is 9.87. The van der Waals surface area contributed by atoms with Gasteiger partial charge >= 0.3 is 5.97 Å². The number of aromatic nitrogens is 1. The average molecular weight is 261 g/mol. The zero-order valence-electron chi connectivity index (χ0n) is 11.5. The van der Waals surface area contributed by atoms with E-state index in [1.807, 2.05) is 6.07 Å². The molecule has 19 heavy (non-hydrogen) atoms. The molecule has 0 fully saturated rings. The van der Waals surface area contributed by atoms with Gasteiger partial charge in [0.15, 0.2) is 0 Å². The zero-order chi connectivity index (χ0) is 14.5. The van der Waals surface area contributed by atoms with Crippen LogP contribution in [0, 0.1) is 16.7 Å². The molecule has 1 aromatic heterocycles. The number of pyridine rings is 1. The summed E-state index contributed by atoms with van der Waals surface area (Å²) in [6.45, 7) is 6.21. The molecule has 1 rings (SSSR count). The van der Waals surface area contributed by atoms with Gasteiger partial charge in [-0.15, -0.1) is 0 Å². The van der Waals surface area contributed by atoms with Crippen molar-refractivity contribution in [3.8, 4) is 6.07 Å². The number of hydrogen-bond donors (Lipinski definition) is 2. The van der Waals surface area contributed by atoms with E-state index in [4.69, 9.17) is 10.4 Å². The summed E-state index contributed by atoms with van der Waals surface area (Å²) in [6.07, 6.45) is 2.34. The summed E-state index contributed by atoms with van der Waals surface area (Å²) in [5.74, 6) is -0.830. The van der Waals surface area contributed by atoms with Crippen molar-refractivity contribution in [3.63, 3.8) is 0 Å². The molecule has 0 bridgehead atoms. The maximum absolute atomic E-state index is 10.9. The van der Waals surface area contributed by atoms with Gasteiger partial charge in [-0.05, 0) is 24.0 Å². The second-order valence-electron chi connectivity index (χ2n) is 5.75. The van der Waals surface area contributed by atoms with Gasteiger partial charge in [0.2, 0.25) is 0 Å². The molecule has 0 saturated heterocycles. The van der Waals surface area contributed by atoms with Crippen LogP contribution in [0.4, 0.5) is 5.69 Å². The standard InChI is InChI=1S/C14H19N3O2/c1-14(2,3)7-12(6-13(18)19)17-11-5-4-10(8-15)16-9-11/h4-5,9,12,17H,6-7H2,1-3H3,(H,18,19). The van der Waals surface area contributed by atoms with Crippen LogP contribution in [0.5, 0.6) is 0 Å². The molecule has 0 spiro atoms. The van der Waals surface area contributed by atoms with E-state index in [2.05, 4.69) is 31.1 Å². The molecule has 0 aromatic carbocycles. The minimum atomic E-state index is -0.830. The number of nitriles is 1. The van der Waals surface area contributed by atoms with Crippen molar-refractivity contribution in [2.45, 2.75) is 39.7 Å². The Balaban J connectivity index is 2.75. The minimum Gasteiger partial charge on any atom is -0.481 e. The Hall–Kier alpha value is -2.09. The smallest absolute Gasteiger partial charge is 0.305 e. The molecule has 0 saturated carbocycles. The topological polar surface area (TPSA) is 86.0 Å². The predicted octanol–water partition coefficient (Wildman–Crippen LogP) is 2.64. The Morgan fingerprint density at radius 2 is 2.21 bits per heavy atom. The highest BCUT2D eigenvalue weighted by Gasteiger charge is 2.21. The highest BCUT2D eigenvalue weighted by atomic mass is 16.4. The molecule has 2 N–H and O–H groups in total. The minimum absolute atomic E-state index is 0.0349. The van der Waals surface area contributed by atoms with E-state index in [-0.39, 0.29) is 17.9 Å². The van der Waals surface area contributed by atoms with Crippen LogP contribution in [-0.4, -0.2) is 22.1 Å². The van der Waals surface area contributed by atoms with Crippen molar-refractivity contribution in [3.05, 3.63) is 24.0 Å². The highest BCUT2D eigenvalue weighted by molar-refractivity contribution is 5.68. The van der Waals surface area contributed by atoms with Crippen molar-refractivity contribution in [1.82, 2.24) is 4.98 Å². The van der Waals surface area contributed by atoms with Crippen molar-refractivity contribution >= 4 is 11.7 Å². The number of carboxylic acids is 1. The van der Waals surface area contributed by atoms with E-state index in [1.54, 1.807) is 18.3 Å². The van der Waals surface area contributed by atoms with Crippen molar-refractivity contribution in [2.75, 3.05) is 5.32 Å². The quantitative estimate of drug-likeness (QED) is 0.851. The average Bonchev–Trinajstić information content (AvgIpc) is 2.26. The largest absolute Gasteiger partial charge is 0.481 e. The molecule has 1 heterocycles.